The molecule has 0 spiro atoms. The predicted molar refractivity (Wildman–Crippen MR) is 148 cm³/mol. The van der Waals surface area contributed by atoms with E-state index in [2.05, 4.69) is 6.92 Å². The summed E-state index contributed by atoms with van der Waals surface area (Å²) in [5, 5.41) is 21.1. The number of esters is 1. The highest BCUT2D eigenvalue weighted by atomic mass is 16.5. The molecule has 0 amide bonds. The molecule has 0 saturated heterocycles. The summed E-state index contributed by atoms with van der Waals surface area (Å²) >= 11 is 0. The van der Waals surface area contributed by atoms with Gasteiger partial charge in [-0.1, -0.05) is 110 Å². The lowest BCUT2D eigenvalue weighted by Gasteiger charge is -2.34. The van der Waals surface area contributed by atoms with Crippen LogP contribution in [0, 0.1) is 0 Å². The number of hydrogen-bond acceptors (Lipinski definition) is 6. The first-order chi connectivity index (χ1) is 17.7. The molecule has 0 aliphatic carbocycles. The number of likely N-dealkylation sites (N-methyl/N-ethyl adjacent to an activating group) is 1. The van der Waals surface area contributed by atoms with Crippen molar-refractivity contribution in [1.29, 1.82) is 0 Å². The van der Waals surface area contributed by atoms with Crippen LogP contribution in [0.4, 0.5) is 0 Å². The maximum Gasteiger partial charge on any atom is 0.305 e. The van der Waals surface area contributed by atoms with E-state index in [1.54, 1.807) is 21.1 Å². The molecule has 7 heteroatoms. The van der Waals surface area contributed by atoms with E-state index in [-0.39, 0.29) is 36.7 Å². The fourth-order valence-corrected chi connectivity index (χ4v) is 4.54. The van der Waals surface area contributed by atoms with Crippen molar-refractivity contribution in [2.24, 2.45) is 0 Å². The van der Waals surface area contributed by atoms with Crippen molar-refractivity contribution in [3.8, 4) is 0 Å². The number of quaternary nitrogens is 1. The van der Waals surface area contributed by atoms with Gasteiger partial charge in [0.1, 0.15) is 18.8 Å². The van der Waals surface area contributed by atoms with Gasteiger partial charge >= 0.3 is 5.97 Å². The van der Waals surface area contributed by atoms with Crippen molar-refractivity contribution in [3.63, 3.8) is 0 Å². The Bertz CT molecular complexity index is 549. The van der Waals surface area contributed by atoms with Gasteiger partial charge in [-0.2, -0.15) is 0 Å². The Morgan fingerprint density at radius 3 is 1.57 bits per heavy atom. The average molecular weight is 530 g/mol. The summed E-state index contributed by atoms with van der Waals surface area (Å²) in [5.74, 6) is -1.41. The molecular formula is C30H59NO6. The SMILES string of the molecule is CCCCCCCCCCCCCCCCCCCC(=O)OC[C@@H](O)COCCC(C(=O)[O-])[N+](C)(C)C. The largest absolute Gasteiger partial charge is 0.544 e. The second-order valence-corrected chi connectivity index (χ2v) is 11.6. The summed E-state index contributed by atoms with van der Waals surface area (Å²) in [6.45, 7) is 2.36. The van der Waals surface area contributed by atoms with Gasteiger partial charge in [0.25, 0.3) is 0 Å². The number of aliphatic hydroxyl groups excluding tert-OH is 1. The lowest BCUT2D eigenvalue weighted by Crippen LogP contribution is -2.55. The molecule has 0 bridgehead atoms. The average Bonchev–Trinajstić information content (AvgIpc) is 2.83. The van der Waals surface area contributed by atoms with Crippen molar-refractivity contribution in [1.82, 2.24) is 0 Å². The highest BCUT2D eigenvalue weighted by Crippen LogP contribution is 2.14. The van der Waals surface area contributed by atoms with Gasteiger partial charge < -0.3 is 29.0 Å². The van der Waals surface area contributed by atoms with Crippen LogP contribution in [0.25, 0.3) is 0 Å². The van der Waals surface area contributed by atoms with Crippen LogP contribution in [0.1, 0.15) is 129 Å². The van der Waals surface area contributed by atoms with Crippen LogP contribution in [0.2, 0.25) is 0 Å². The van der Waals surface area contributed by atoms with E-state index in [1.807, 2.05) is 0 Å². The van der Waals surface area contributed by atoms with Crippen LogP contribution < -0.4 is 5.11 Å². The van der Waals surface area contributed by atoms with Gasteiger partial charge in [-0.05, 0) is 6.42 Å². The van der Waals surface area contributed by atoms with Crippen molar-refractivity contribution in [2.45, 2.75) is 141 Å². The van der Waals surface area contributed by atoms with Crippen molar-refractivity contribution >= 4 is 11.9 Å². The molecule has 0 aliphatic rings. The van der Waals surface area contributed by atoms with E-state index in [0.717, 1.165) is 19.3 Å². The lowest BCUT2D eigenvalue weighted by atomic mass is 10.0. The van der Waals surface area contributed by atoms with Crippen molar-refractivity contribution in [2.75, 3.05) is 41.0 Å². The first-order valence-corrected chi connectivity index (χ1v) is 15.1. The van der Waals surface area contributed by atoms with E-state index in [0.29, 0.717) is 6.42 Å². The number of aliphatic hydroxyl groups is 1. The zero-order chi connectivity index (χ0) is 27.8. The van der Waals surface area contributed by atoms with E-state index < -0.39 is 18.1 Å². The fraction of sp³-hybridized carbons (Fsp3) is 0.933. The molecule has 1 N–H and O–H groups in total. The smallest absolute Gasteiger partial charge is 0.305 e. The first kappa shape index (κ1) is 35.8. The van der Waals surface area contributed by atoms with Gasteiger partial charge in [-0.15, -0.1) is 0 Å². The second kappa shape index (κ2) is 23.9. The third-order valence-corrected chi connectivity index (χ3v) is 6.97. The van der Waals surface area contributed by atoms with Crippen LogP contribution in [0.5, 0.6) is 0 Å². The van der Waals surface area contributed by atoms with Crippen LogP contribution in [-0.2, 0) is 19.1 Å². The van der Waals surface area contributed by atoms with Gasteiger partial charge in [-0.3, -0.25) is 4.79 Å². The quantitative estimate of drug-likeness (QED) is 0.0897. The summed E-state index contributed by atoms with van der Waals surface area (Å²) in [6, 6.07) is -0.681. The molecule has 37 heavy (non-hydrogen) atoms. The Kier molecular flexibility index (Phi) is 23.1. The first-order valence-electron chi connectivity index (χ1n) is 15.1. The normalized spacial score (nSPS) is 13.4. The molecule has 0 aliphatic heterocycles. The molecule has 0 aromatic rings. The summed E-state index contributed by atoms with van der Waals surface area (Å²) in [5.41, 5.74) is 0. The van der Waals surface area contributed by atoms with Gasteiger partial charge in [-0.25, -0.2) is 0 Å². The Morgan fingerprint density at radius 2 is 1.16 bits per heavy atom. The maximum absolute atomic E-state index is 11.9. The number of unbranched alkanes of at least 4 members (excludes halogenated alkanes) is 16. The predicted octanol–water partition coefficient (Wildman–Crippen LogP) is 5.16. The highest BCUT2D eigenvalue weighted by molar-refractivity contribution is 5.69. The number of carbonyl (C=O) groups is 2. The Morgan fingerprint density at radius 1 is 0.730 bits per heavy atom. The van der Waals surface area contributed by atoms with Gasteiger partial charge in [0.15, 0.2) is 0 Å². The van der Waals surface area contributed by atoms with E-state index in [1.165, 1.54) is 89.9 Å². The molecule has 0 aromatic heterocycles. The number of hydrogen-bond donors (Lipinski definition) is 1. The Labute approximate surface area is 227 Å². The molecule has 7 nitrogen and oxygen atoms in total. The molecule has 0 rings (SSSR count). The van der Waals surface area contributed by atoms with Crippen LogP contribution >= 0.6 is 0 Å². The Balaban J connectivity index is 3.46. The fourth-order valence-electron chi connectivity index (χ4n) is 4.54. The molecule has 220 valence electrons. The molecule has 0 fully saturated rings. The topological polar surface area (TPSA) is 95.9 Å². The number of carboxylic acids is 1. The molecule has 0 aromatic carbocycles. The standard InChI is InChI=1S/C30H59NO6/c1-5-6-7-8-9-10-11-12-13-14-15-16-17-18-19-20-21-22-29(33)37-26-27(32)25-36-24-23-28(30(34)35)31(2,3)4/h27-28,32H,5-26H2,1-4H3/t27-,28?/m0/s1. The number of carbonyl (C=O) groups excluding carboxylic acids is 2. The van der Waals surface area contributed by atoms with Crippen LogP contribution in [0.15, 0.2) is 0 Å². The molecule has 1 unspecified atom stereocenters. The maximum atomic E-state index is 11.9. The van der Waals surface area contributed by atoms with E-state index in [9.17, 15) is 19.8 Å². The summed E-state index contributed by atoms with van der Waals surface area (Å²) in [6.07, 6.45) is 21.9. The van der Waals surface area contributed by atoms with Crippen LogP contribution in [0.3, 0.4) is 0 Å². The van der Waals surface area contributed by atoms with E-state index in [4.69, 9.17) is 9.47 Å². The zero-order valence-corrected chi connectivity index (χ0v) is 24.6. The molecular weight excluding hydrogens is 470 g/mol. The van der Waals surface area contributed by atoms with Crippen molar-refractivity contribution < 1.29 is 33.8 Å². The van der Waals surface area contributed by atoms with E-state index >= 15 is 0 Å². The molecule has 0 radical (unpaired) electrons. The lowest BCUT2D eigenvalue weighted by molar-refractivity contribution is -0.889. The highest BCUT2D eigenvalue weighted by Gasteiger charge is 2.24. The number of carboxylic acid groups (broad SMARTS) is 1. The van der Waals surface area contributed by atoms with Gasteiger partial charge in [0.05, 0.1) is 40.3 Å². The minimum atomic E-state index is -1.12. The zero-order valence-electron chi connectivity index (χ0n) is 24.6. The number of ether oxygens (including phenoxy) is 2. The number of rotatable bonds is 27. The second-order valence-electron chi connectivity index (χ2n) is 11.6. The van der Waals surface area contributed by atoms with Gasteiger partial charge in [0, 0.05) is 12.8 Å². The minimum absolute atomic E-state index is 0.00329. The summed E-state index contributed by atoms with van der Waals surface area (Å²) in [7, 11) is 5.36. The minimum Gasteiger partial charge on any atom is -0.544 e. The third-order valence-electron chi connectivity index (χ3n) is 6.97. The third kappa shape index (κ3) is 23.7. The summed E-state index contributed by atoms with van der Waals surface area (Å²) in [4.78, 5) is 23.1. The van der Waals surface area contributed by atoms with Crippen LogP contribution in [-0.4, -0.2) is 74.6 Å². The van der Waals surface area contributed by atoms with Gasteiger partial charge in [0.2, 0.25) is 0 Å². The molecule has 0 heterocycles. The monoisotopic (exact) mass is 529 g/mol. The Hall–Kier alpha value is -1.18. The summed E-state index contributed by atoms with van der Waals surface area (Å²) < 4.78 is 10.7. The number of aliphatic carboxylic acids is 1. The number of nitrogens with zero attached hydrogens (tertiary/aromatic N) is 1. The molecule has 0 saturated carbocycles. The molecule has 2 atom stereocenters. The van der Waals surface area contributed by atoms with Crippen molar-refractivity contribution in [3.05, 3.63) is 0 Å².